The van der Waals surface area contributed by atoms with Crippen molar-refractivity contribution < 1.29 is 4.74 Å². The lowest BCUT2D eigenvalue weighted by atomic mass is 10.2. The van der Waals surface area contributed by atoms with Gasteiger partial charge in [-0.25, -0.2) is 0 Å². The van der Waals surface area contributed by atoms with Crippen LogP contribution >= 0.6 is 11.6 Å². The molecule has 0 saturated heterocycles. The van der Waals surface area contributed by atoms with E-state index in [-0.39, 0.29) is 0 Å². The molecule has 0 aliphatic carbocycles. The van der Waals surface area contributed by atoms with E-state index in [0.29, 0.717) is 5.15 Å². The summed E-state index contributed by atoms with van der Waals surface area (Å²) >= 11 is 5.83. The molecule has 12 heavy (non-hydrogen) atoms. The van der Waals surface area contributed by atoms with E-state index in [0.717, 1.165) is 16.7 Å². The van der Waals surface area contributed by atoms with Crippen LogP contribution in [0.2, 0.25) is 5.15 Å². The average molecular weight is 183 g/mol. The van der Waals surface area contributed by atoms with Crippen molar-refractivity contribution in [3.63, 3.8) is 0 Å². The van der Waals surface area contributed by atoms with Gasteiger partial charge in [-0.3, -0.25) is 5.10 Å². The molecular weight excluding hydrogens is 176 g/mol. The van der Waals surface area contributed by atoms with Crippen LogP contribution in [0, 0.1) is 0 Å². The molecule has 0 bridgehead atoms. The number of methoxy groups -OCH3 is 1. The van der Waals surface area contributed by atoms with Crippen molar-refractivity contribution in [1.82, 2.24) is 10.2 Å². The highest BCUT2D eigenvalue weighted by Gasteiger charge is 2.06. The SMILES string of the molecule is COc1cccc2c(Cl)[nH]nc12. The van der Waals surface area contributed by atoms with Gasteiger partial charge >= 0.3 is 0 Å². The average Bonchev–Trinajstić information content (AvgIpc) is 2.48. The summed E-state index contributed by atoms with van der Waals surface area (Å²) < 4.78 is 5.10. The van der Waals surface area contributed by atoms with Gasteiger partial charge in [0.1, 0.15) is 16.4 Å². The Bertz CT molecular complexity index is 410. The molecular formula is C8H7ClN2O. The number of aromatic amines is 1. The zero-order valence-electron chi connectivity index (χ0n) is 6.47. The first-order valence-corrected chi connectivity index (χ1v) is 3.87. The second-order valence-electron chi connectivity index (χ2n) is 2.39. The van der Waals surface area contributed by atoms with Gasteiger partial charge in [-0.05, 0) is 12.1 Å². The molecule has 62 valence electrons. The molecule has 0 fully saturated rings. The molecule has 3 nitrogen and oxygen atoms in total. The number of ether oxygens (including phenoxy) is 1. The minimum Gasteiger partial charge on any atom is -0.494 e. The topological polar surface area (TPSA) is 37.9 Å². The summed E-state index contributed by atoms with van der Waals surface area (Å²) in [5.74, 6) is 0.732. The summed E-state index contributed by atoms with van der Waals surface area (Å²) in [5, 5.41) is 8.12. The van der Waals surface area contributed by atoms with Crippen LogP contribution in [0.4, 0.5) is 0 Å². The molecule has 0 spiro atoms. The van der Waals surface area contributed by atoms with Crippen LogP contribution in [0.25, 0.3) is 10.9 Å². The lowest BCUT2D eigenvalue weighted by Crippen LogP contribution is -1.83. The largest absolute Gasteiger partial charge is 0.494 e. The third-order valence-electron chi connectivity index (χ3n) is 1.72. The first-order chi connectivity index (χ1) is 5.83. The zero-order valence-corrected chi connectivity index (χ0v) is 7.22. The van der Waals surface area contributed by atoms with Crippen molar-refractivity contribution in [2.24, 2.45) is 0 Å². The van der Waals surface area contributed by atoms with E-state index in [2.05, 4.69) is 10.2 Å². The lowest BCUT2D eigenvalue weighted by Gasteiger charge is -1.97. The number of H-pyrrole nitrogens is 1. The van der Waals surface area contributed by atoms with Crippen molar-refractivity contribution in [3.8, 4) is 5.75 Å². The summed E-state index contributed by atoms with van der Waals surface area (Å²) in [7, 11) is 1.61. The molecule has 0 saturated carbocycles. The number of para-hydroxylation sites is 1. The van der Waals surface area contributed by atoms with Gasteiger partial charge in [0.25, 0.3) is 0 Å². The highest BCUT2D eigenvalue weighted by atomic mass is 35.5. The van der Waals surface area contributed by atoms with E-state index in [1.807, 2.05) is 18.2 Å². The molecule has 0 radical (unpaired) electrons. The standard InChI is InChI=1S/C8H7ClN2O/c1-12-6-4-2-3-5-7(6)10-11-8(5)9/h2-4H,1H3,(H,10,11). The van der Waals surface area contributed by atoms with Gasteiger partial charge in [0, 0.05) is 5.39 Å². The highest BCUT2D eigenvalue weighted by Crippen LogP contribution is 2.27. The van der Waals surface area contributed by atoms with Crippen LogP contribution in [0.3, 0.4) is 0 Å². The highest BCUT2D eigenvalue weighted by molar-refractivity contribution is 6.34. The molecule has 1 N–H and O–H groups in total. The summed E-state index contributed by atoms with van der Waals surface area (Å²) in [6, 6.07) is 5.62. The quantitative estimate of drug-likeness (QED) is 0.735. The van der Waals surface area contributed by atoms with E-state index in [1.54, 1.807) is 7.11 Å². The number of fused-ring (bicyclic) bond motifs is 1. The maximum absolute atomic E-state index is 5.83. The first-order valence-electron chi connectivity index (χ1n) is 3.49. The van der Waals surface area contributed by atoms with Gasteiger partial charge in [0.05, 0.1) is 7.11 Å². The molecule has 4 heteroatoms. The van der Waals surface area contributed by atoms with Crippen molar-refractivity contribution in [1.29, 1.82) is 0 Å². The monoisotopic (exact) mass is 182 g/mol. The number of rotatable bonds is 1. The van der Waals surface area contributed by atoms with Crippen LogP contribution in [-0.4, -0.2) is 17.3 Å². The van der Waals surface area contributed by atoms with Crippen molar-refractivity contribution in [2.75, 3.05) is 7.11 Å². The second kappa shape index (κ2) is 2.68. The van der Waals surface area contributed by atoms with Crippen molar-refractivity contribution in [3.05, 3.63) is 23.4 Å². The zero-order chi connectivity index (χ0) is 8.55. The van der Waals surface area contributed by atoms with Gasteiger partial charge in [0.2, 0.25) is 0 Å². The van der Waals surface area contributed by atoms with Gasteiger partial charge < -0.3 is 4.74 Å². The number of hydrogen-bond acceptors (Lipinski definition) is 2. The molecule has 0 aliphatic heterocycles. The van der Waals surface area contributed by atoms with Crippen LogP contribution < -0.4 is 4.74 Å². The molecule has 1 aromatic carbocycles. The van der Waals surface area contributed by atoms with Gasteiger partial charge in [-0.2, -0.15) is 5.10 Å². The summed E-state index contributed by atoms with van der Waals surface area (Å²) in [6.07, 6.45) is 0. The van der Waals surface area contributed by atoms with Gasteiger partial charge in [-0.15, -0.1) is 0 Å². The molecule has 1 aromatic heterocycles. The third-order valence-corrected chi connectivity index (χ3v) is 2.01. The van der Waals surface area contributed by atoms with E-state index in [1.165, 1.54) is 0 Å². The molecule has 2 aromatic rings. The van der Waals surface area contributed by atoms with Crippen LogP contribution in [0.15, 0.2) is 18.2 Å². The Morgan fingerprint density at radius 3 is 3.08 bits per heavy atom. The summed E-state index contributed by atoms with van der Waals surface area (Å²) in [5.41, 5.74) is 0.769. The summed E-state index contributed by atoms with van der Waals surface area (Å²) in [6.45, 7) is 0. The minimum atomic E-state index is 0.545. The predicted octanol–water partition coefficient (Wildman–Crippen LogP) is 2.22. The fourth-order valence-electron chi connectivity index (χ4n) is 1.14. The normalized spacial score (nSPS) is 10.5. The molecule has 0 atom stereocenters. The first kappa shape index (κ1) is 7.43. The maximum atomic E-state index is 5.83. The van der Waals surface area contributed by atoms with Crippen LogP contribution in [-0.2, 0) is 0 Å². The fraction of sp³-hybridized carbons (Fsp3) is 0.125. The molecule has 0 amide bonds. The van der Waals surface area contributed by atoms with Gasteiger partial charge in [0.15, 0.2) is 0 Å². The van der Waals surface area contributed by atoms with E-state index in [9.17, 15) is 0 Å². The van der Waals surface area contributed by atoms with Gasteiger partial charge in [-0.1, -0.05) is 17.7 Å². The van der Waals surface area contributed by atoms with E-state index < -0.39 is 0 Å². The number of nitrogens with one attached hydrogen (secondary N) is 1. The Hall–Kier alpha value is -1.22. The molecule has 0 aliphatic rings. The molecule has 2 rings (SSSR count). The Morgan fingerprint density at radius 1 is 1.50 bits per heavy atom. The smallest absolute Gasteiger partial charge is 0.147 e. The van der Waals surface area contributed by atoms with E-state index >= 15 is 0 Å². The Labute approximate surface area is 74.3 Å². The lowest BCUT2D eigenvalue weighted by molar-refractivity contribution is 0.419. The number of aromatic nitrogens is 2. The van der Waals surface area contributed by atoms with Crippen LogP contribution in [0.5, 0.6) is 5.75 Å². The predicted molar refractivity (Wildman–Crippen MR) is 47.7 cm³/mol. The Kier molecular flexibility index (Phi) is 1.66. The van der Waals surface area contributed by atoms with Crippen molar-refractivity contribution >= 4 is 22.5 Å². The Morgan fingerprint density at radius 2 is 2.33 bits per heavy atom. The second-order valence-corrected chi connectivity index (χ2v) is 2.77. The summed E-state index contributed by atoms with van der Waals surface area (Å²) in [4.78, 5) is 0. The number of nitrogens with zero attached hydrogens (tertiary/aromatic N) is 1. The fourth-order valence-corrected chi connectivity index (χ4v) is 1.34. The number of benzene rings is 1. The van der Waals surface area contributed by atoms with Crippen LogP contribution in [0.1, 0.15) is 0 Å². The number of hydrogen-bond donors (Lipinski definition) is 1. The number of halogens is 1. The molecule has 1 heterocycles. The maximum Gasteiger partial charge on any atom is 0.147 e. The van der Waals surface area contributed by atoms with Crippen molar-refractivity contribution in [2.45, 2.75) is 0 Å². The minimum absolute atomic E-state index is 0.545. The van der Waals surface area contributed by atoms with E-state index in [4.69, 9.17) is 16.3 Å². The third kappa shape index (κ3) is 0.940. The Balaban J connectivity index is 2.81. The molecule has 0 unspecified atom stereocenters.